The molecule has 0 aliphatic carbocycles. The van der Waals surface area contributed by atoms with E-state index in [4.69, 9.17) is 21.4 Å². The highest BCUT2D eigenvalue weighted by Crippen LogP contribution is 2.28. The smallest absolute Gasteiger partial charge is 0.330 e. The first-order chi connectivity index (χ1) is 12.9. The van der Waals surface area contributed by atoms with Crippen LogP contribution in [0.3, 0.4) is 0 Å². The average Bonchev–Trinajstić information content (AvgIpc) is 2.99. The zero-order valence-corrected chi connectivity index (χ0v) is 14.4. The molecule has 3 rings (SSSR count). The number of hydrogen-bond acceptors (Lipinski definition) is 7. The van der Waals surface area contributed by atoms with Gasteiger partial charge in [0.2, 0.25) is 0 Å². The van der Waals surface area contributed by atoms with Crippen molar-refractivity contribution in [1.29, 1.82) is 0 Å². The number of halogens is 2. The molecule has 1 fully saturated rings. The molecular weight excluding hydrogens is 385 g/mol. The minimum absolute atomic E-state index is 0.0251. The van der Waals surface area contributed by atoms with Gasteiger partial charge in [0.15, 0.2) is 0 Å². The molecule has 11 heteroatoms. The van der Waals surface area contributed by atoms with E-state index in [1.807, 2.05) is 4.98 Å². The molecule has 2 heterocycles. The fourth-order valence-electron chi connectivity index (χ4n) is 2.88. The summed E-state index contributed by atoms with van der Waals surface area (Å²) in [5.74, 6) is -0.833. The predicted molar refractivity (Wildman–Crippen MR) is 91.8 cm³/mol. The molecule has 0 spiro atoms. The van der Waals surface area contributed by atoms with Gasteiger partial charge in [-0.25, -0.2) is 9.18 Å². The second kappa shape index (κ2) is 7.61. The largest absolute Gasteiger partial charge is 0.410 e. The quantitative estimate of drug-likeness (QED) is 0.329. The predicted octanol–water partition coefficient (Wildman–Crippen LogP) is 0.196. The molecule has 27 heavy (non-hydrogen) atoms. The number of aromatic nitrogens is 2. The van der Waals surface area contributed by atoms with Crippen molar-refractivity contribution in [2.24, 2.45) is 5.16 Å². The number of aliphatic hydroxyl groups is 2. The number of aliphatic hydroxyl groups excluding tert-OH is 2. The summed E-state index contributed by atoms with van der Waals surface area (Å²) < 4.78 is 20.5. The maximum absolute atomic E-state index is 14.2. The molecule has 9 nitrogen and oxygen atoms in total. The van der Waals surface area contributed by atoms with E-state index in [2.05, 4.69) is 5.16 Å². The van der Waals surface area contributed by atoms with Gasteiger partial charge in [-0.05, 0) is 12.1 Å². The summed E-state index contributed by atoms with van der Waals surface area (Å²) in [6, 6.07) is 3.75. The van der Waals surface area contributed by atoms with Crippen LogP contribution in [0.1, 0.15) is 23.8 Å². The third-order valence-electron chi connectivity index (χ3n) is 4.22. The number of nitrogens with zero attached hydrogens (tertiary/aromatic N) is 2. The number of benzene rings is 1. The normalized spacial score (nSPS) is 23.0. The van der Waals surface area contributed by atoms with Crippen LogP contribution in [0.4, 0.5) is 4.39 Å². The van der Waals surface area contributed by atoms with Gasteiger partial charge in [0.05, 0.1) is 28.9 Å². The van der Waals surface area contributed by atoms with Crippen molar-refractivity contribution < 1.29 is 24.5 Å². The molecule has 0 unspecified atom stereocenters. The molecule has 0 bridgehead atoms. The summed E-state index contributed by atoms with van der Waals surface area (Å²) in [6.45, 7) is -0.461. The van der Waals surface area contributed by atoms with Crippen molar-refractivity contribution in [3.05, 3.63) is 67.2 Å². The van der Waals surface area contributed by atoms with E-state index in [9.17, 15) is 24.3 Å². The molecular formula is C16H15ClFN3O6. The third-order valence-corrected chi connectivity index (χ3v) is 4.53. The molecule has 4 N–H and O–H groups in total. The van der Waals surface area contributed by atoms with E-state index in [1.165, 1.54) is 12.1 Å². The average molecular weight is 400 g/mol. The Labute approximate surface area is 155 Å². The Kier molecular flexibility index (Phi) is 5.42. The van der Waals surface area contributed by atoms with Crippen LogP contribution in [0, 0.1) is 5.82 Å². The van der Waals surface area contributed by atoms with Crippen LogP contribution in [0.5, 0.6) is 0 Å². The Bertz CT molecular complexity index is 984. The van der Waals surface area contributed by atoms with Crippen LogP contribution in [-0.2, 0) is 4.74 Å². The van der Waals surface area contributed by atoms with Gasteiger partial charge in [0, 0.05) is 12.6 Å². The topological polar surface area (TPSA) is 137 Å². The van der Waals surface area contributed by atoms with Gasteiger partial charge in [0.25, 0.3) is 5.56 Å². The molecule has 1 aliphatic heterocycles. The summed E-state index contributed by atoms with van der Waals surface area (Å²) in [7, 11) is 0. The Morgan fingerprint density at radius 3 is 2.78 bits per heavy atom. The lowest BCUT2D eigenvalue weighted by Gasteiger charge is -2.16. The van der Waals surface area contributed by atoms with Gasteiger partial charge in [-0.3, -0.25) is 14.3 Å². The number of hydrogen-bond donors (Lipinski definition) is 4. The Balaban J connectivity index is 2.12. The molecule has 0 saturated carbocycles. The maximum Gasteiger partial charge on any atom is 0.330 e. The first-order valence-corrected chi connectivity index (χ1v) is 8.21. The zero-order valence-electron chi connectivity index (χ0n) is 13.7. The van der Waals surface area contributed by atoms with Gasteiger partial charge >= 0.3 is 5.69 Å². The molecule has 2 aromatic rings. The van der Waals surface area contributed by atoms with E-state index < -0.39 is 47.8 Å². The van der Waals surface area contributed by atoms with Crippen molar-refractivity contribution in [3.8, 4) is 0 Å². The first-order valence-electron chi connectivity index (χ1n) is 7.84. The maximum atomic E-state index is 14.2. The van der Waals surface area contributed by atoms with Crippen LogP contribution in [-0.4, -0.2) is 49.5 Å². The van der Waals surface area contributed by atoms with Crippen molar-refractivity contribution in [3.63, 3.8) is 0 Å². The highest BCUT2D eigenvalue weighted by atomic mass is 35.5. The first kappa shape index (κ1) is 19.2. The standard InChI is InChI=1S/C16H15ClFN3O6/c17-8-2-1-3-9(18)13(8)14(20-26)7-5-21(16(25)19-15(7)24)12-4-10(23)11(6-22)27-12/h1-3,5,10-12,22-23,26H,4,6H2,(H,19,24,25)/b20-14-/t10-,11+,12+/m0/s1. The molecule has 1 aromatic heterocycles. The summed E-state index contributed by atoms with van der Waals surface area (Å²) in [6.07, 6.45) is -1.91. The van der Waals surface area contributed by atoms with Crippen molar-refractivity contribution in [2.75, 3.05) is 6.61 Å². The van der Waals surface area contributed by atoms with Gasteiger partial charge in [-0.1, -0.05) is 22.8 Å². The SMILES string of the molecule is O=c1[nH]c(=O)n([C@H]2C[C@H](O)[C@@H](CO)O2)cc1/C(=N/O)c1c(F)cccc1Cl. The van der Waals surface area contributed by atoms with Crippen molar-refractivity contribution in [2.45, 2.75) is 24.9 Å². The highest BCUT2D eigenvalue weighted by molar-refractivity contribution is 6.35. The molecule has 1 saturated heterocycles. The van der Waals surface area contributed by atoms with Crippen molar-refractivity contribution >= 4 is 17.3 Å². The Morgan fingerprint density at radius 2 is 2.19 bits per heavy atom. The molecule has 1 aromatic carbocycles. The Hall–Kier alpha value is -2.53. The van der Waals surface area contributed by atoms with Crippen LogP contribution < -0.4 is 11.2 Å². The molecule has 0 amide bonds. The van der Waals surface area contributed by atoms with E-state index in [-0.39, 0.29) is 22.6 Å². The lowest BCUT2D eigenvalue weighted by molar-refractivity contribution is -0.0459. The number of aromatic amines is 1. The molecule has 144 valence electrons. The van der Waals surface area contributed by atoms with E-state index in [0.717, 1.165) is 16.8 Å². The molecule has 3 atom stereocenters. The Morgan fingerprint density at radius 1 is 1.44 bits per heavy atom. The highest BCUT2D eigenvalue weighted by Gasteiger charge is 2.35. The number of ether oxygens (including phenoxy) is 1. The van der Waals surface area contributed by atoms with Gasteiger partial charge in [-0.2, -0.15) is 0 Å². The second-order valence-corrected chi connectivity index (χ2v) is 6.28. The lowest BCUT2D eigenvalue weighted by atomic mass is 10.0. The fourth-order valence-corrected chi connectivity index (χ4v) is 3.13. The second-order valence-electron chi connectivity index (χ2n) is 5.87. The number of nitrogens with one attached hydrogen (secondary N) is 1. The van der Waals surface area contributed by atoms with E-state index in [1.54, 1.807) is 0 Å². The van der Waals surface area contributed by atoms with Gasteiger partial charge < -0.3 is 20.2 Å². The fraction of sp³-hybridized carbons (Fsp3) is 0.312. The van der Waals surface area contributed by atoms with Crippen LogP contribution in [0.25, 0.3) is 0 Å². The van der Waals surface area contributed by atoms with E-state index >= 15 is 0 Å². The van der Waals surface area contributed by atoms with Crippen LogP contribution >= 0.6 is 11.6 Å². The minimum atomic E-state index is -1.02. The summed E-state index contributed by atoms with van der Waals surface area (Å²) in [5.41, 5.74) is -2.92. The summed E-state index contributed by atoms with van der Waals surface area (Å²) in [5, 5.41) is 31.3. The lowest BCUT2D eigenvalue weighted by Crippen LogP contribution is -2.36. The summed E-state index contributed by atoms with van der Waals surface area (Å²) in [4.78, 5) is 26.4. The van der Waals surface area contributed by atoms with E-state index in [0.29, 0.717) is 0 Å². The number of oxime groups is 1. The molecule has 0 radical (unpaired) electrons. The monoisotopic (exact) mass is 399 g/mol. The van der Waals surface area contributed by atoms with Crippen LogP contribution in [0.2, 0.25) is 5.02 Å². The van der Waals surface area contributed by atoms with Crippen LogP contribution in [0.15, 0.2) is 39.1 Å². The van der Waals surface area contributed by atoms with Gasteiger partial charge in [0.1, 0.15) is 23.9 Å². The zero-order chi connectivity index (χ0) is 19.7. The van der Waals surface area contributed by atoms with Gasteiger partial charge in [-0.15, -0.1) is 0 Å². The minimum Gasteiger partial charge on any atom is -0.410 e. The molecule has 1 aliphatic rings. The third kappa shape index (κ3) is 3.52. The number of rotatable bonds is 4. The number of H-pyrrole nitrogens is 1. The summed E-state index contributed by atoms with van der Waals surface area (Å²) >= 11 is 5.96. The van der Waals surface area contributed by atoms with Crippen molar-refractivity contribution in [1.82, 2.24) is 9.55 Å².